The van der Waals surface area contributed by atoms with Crippen LogP contribution in [0, 0.1) is 24.2 Å². The first kappa shape index (κ1) is 9.61. The topological polar surface area (TPSA) is 20.2 Å². The van der Waals surface area contributed by atoms with Crippen molar-refractivity contribution >= 4 is 0 Å². The van der Waals surface area contributed by atoms with Gasteiger partial charge in [-0.3, -0.25) is 0 Å². The van der Waals surface area contributed by atoms with Crippen molar-refractivity contribution in [2.45, 2.75) is 45.1 Å². The van der Waals surface area contributed by atoms with E-state index >= 15 is 0 Å². The molecule has 1 aliphatic carbocycles. The van der Waals surface area contributed by atoms with E-state index in [2.05, 4.69) is 19.8 Å². The minimum absolute atomic E-state index is 0.611. The van der Waals surface area contributed by atoms with E-state index in [0.717, 1.165) is 19.3 Å². The fourth-order valence-electron chi connectivity index (χ4n) is 1.99. The molecule has 0 bridgehead atoms. The van der Waals surface area contributed by atoms with Crippen LogP contribution in [-0.4, -0.2) is 10.7 Å². The number of aliphatic hydroxyl groups is 1. The molecule has 1 nitrogen and oxygen atoms in total. The molecule has 0 aliphatic heterocycles. The predicted octanol–water partition coefficient (Wildman–Crippen LogP) is 2.20. The van der Waals surface area contributed by atoms with Gasteiger partial charge >= 0.3 is 0 Å². The van der Waals surface area contributed by atoms with E-state index in [1.165, 1.54) is 6.42 Å². The van der Waals surface area contributed by atoms with Gasteiger partial charge in [-0.05, 0) is 37.5 Å². The average molecular weight is 166 g/mol. The van der Waals surface area contributed by atoms with E-state index in [0.29, 0.717) is 11.8 Å². The molecule has 0 aromatic rings. The van der Waals surface area contributed by atoms with Crippen molar-refractivity contribution < 1.29 is 5.11 Å². The van der Waals surface area contributed by atoms with E-state index in [1.54, 1.807) is 0 Å². The zero-order valence-corrected chi connectivity index (χ0v) is 8.01. The highest BCUT2D eigenvalue weighted by atomic mass is 16.3. The number of hydrogen-bond acceptors (Lipinski definition) is 1. The zero-order chi connectivity index (χ0) is 9.19. The highest BCUT2D eigenvalue weighted by molar-refractivity contribution is 5.09. The van der Waals surface area contributed by atoms with Crippen LogP contribution in [0.5, 0.6) is 0 Å². The molecule has 1 fully saturated rings. The maximum Gasteiger partial charge on any atom is 0.125 e. The van der Waals surface area contributed by atoms with Gasteiger partial charge in [0.05, 0.1) is 0 Å². The van der Waals surface area contributed by atoms with Crippen molar-refractivity contribution in [1.29, 1.82) is 0 Å². The van der Waals surface area contributed by atoms with Crippen molar-refractivity contribution in [2.75, 3.05) is 0 Å². The first-order valence-corrected chi connectivity index (χ1v) is 4.77. The molecular weight excluding hydrogens is 148 g/mol. The first-order valence-electron chi connectivity index (χ1n) is 4.77. The summed E-state index contributed by atoms with van der Waals surface area (Å²) >= 11 is 0. The van der Waals surface area contributed by atoms with E-state index in [1.807, 2.05) is 0 Å². The van der Waals surface area contributed by atoms with Crippen LogP contribution in [-0.2, 0) is 0 Å². The highest BCUT2D eigenvalue weighted by Crippen LogP contribution is 2.35. The Balaban J connectivity index is 2.58. The third-order valence-electron chi connectivity index (χ3n) is 2.98. The lowest BCUT2D eigenvalue weighted by Gasteiger charge is -2.34. The van der Waals surface area contributed by atoms with Crippen LogP contribution >= 0.6 is 0 Å². The summed E-state index contributed by atoms with van der Waals surface area (Å²) in [6.45, 7) is 4.40. The first-order chi connectivity index (χ1) is 5.57. The Morgan fingerprint density at radius 3 is 2.75 bits per heavy atom. The molecule has 1 N–H and O–H groups in total. The largest absolute Gasteiger partial charge is 0.378 e. The Kier molecular flexibility index (Phi) is 2.80. The van der Waals surface area contributed by atoms with Crippen LogP contribution in [0.25, 0.3) is 0 Å². The van der Waals surface area contributed by atoms with Gasteiger partial charge in [-0.25, -0.2) is 0 Å². The van der Waals surface area contributed by atoms with Gasteiger partial charge in [0.1, 0.15) is 5.60 Å². The normalized spacial score (nSPS) is 36.4. The molecule has 0 heterocycles. The summed E-state index contributed by atoms with van der Waals surface area (Å²) in [5, 5.41) is 9.86. The Hall–Kier alpha value is -0.480. The van der Waals surface area contributed by atoms with Crippen LogP contribution in [0.4, 0.5) is 0 Å². The fourth-order valence-corrected chi connectivity index (χ4v) is 1.99. The van der Waals surface area contributed by atoms with Crippen molar-refractivity contribution in [3.63, 3.8) is 0 Å². The molecule has 1 aliphatic rings. The smallest absolute Gasteiger partial charge is 0.125 e. The van der Waals surface area contributed by atoms with Crippen molar-refractivity contribution in [3.8, 4) is 12.3 Å². The molecule has 1 saturated carbocycles. The van der Waals surface area contributed by atoms with Crippen molar-refractivity contribution in [3.05, 3.63) is 0 Å². The van der Waals surface area contributed by atoms with Crippen LogP contribution in [0.2, 0.25) is 0 Å². The fraction of sp³-hybridized carbons (Fsp3) is 0.818. The summed E-state index contributed by atoms with van der Waals surface area (Å²) in [5.74, 6) is 3.78. The number of rotatable bonds is 1. The van der Waals surface area contributed by atoms with Gasteiger partial charge in [-0.2, -0.15) is 0 Å². The molecule has 0 radical (unpaired) electrons. The molecule has 68 valence electrons. The standard InChI is InChI=1S/C11H18O/c1-4-11(12)7-5-6-10(8-11)9(2)3/h1,9-10,12H,5-8H2,2-3H3. The van der Waals surface area contributed by atoms with Crippen LogP contribution in [0.15, 0.2) is 0 Å². The summed E-state index contributed by atoms with van der Waals surface area (Å²) < 4.78 is 0. The molecule has 0 amide bonds. The second-order valence-electron chi connectivity index (χ2n) is 4.28. The molecule has 0 saturated heterocycles. The lowest BCUT2D eigenvalue weighted by atomic mass is 9.74. The Morgan fingerprint density at radius 1 is 1.58 bits per heavy atom. The third kappa shape index (κ3) is 2.01. The Labute approximate surface area is 75.2 Å². The lowest BCUT2D eigenvalue weighted by molar-refractivity contribution is 0.0260. The summed E-state index contributed by atoms with van der Waals surface area (Å²) in [4.78, 5) is 0. The van der Waals surface area contributed by atoms with Crippen molar-refractivity contribution in [1.82, 2.24) is 0 Å². The van der Waals surface area contributed by atoms with Gasteiger partial charge in [0.15, 0.2) is 0 Å². The van der Waals surface area contributed by atoms with Crippen LogP contribution < -0.4 is 0 Å². The second kappa shape index (κ2) is 3.49. The molecule has 0 spiro atoms. The maximum atomic E-state index is 9.86. The minimum Gasteiger partial charge on any atom is -0.378 e. The molecule has 0 aromatic carbocycles. The van der Waals surface area contributed by atoms with Gasteiger partial charge in [0.2, 0.25) is 0 Å². The summed E-state index contributed by atoms with van der Waals surface area (Å²) in [6.07, 6.45) is 9.17. The van der Waals surface area contributed by atoms with Gasteiger partial charge < -0.3 is 5.11 Å². The van der Waals surface area contributed by atoms with Crippen molar-refractivity contribution in [2.24, 2.45) is 11.8 Å². The summed E-state index contributed by atoms with van der Waals surface area (Å²) in [6, 6.07) is 0. The van der Waals surface area contributed by atoms with Gasteiger partial charge in [0, 0.05) is 0 Å². The Morgan fingerprint density at radius 2 is 2.25 bits per heavy atom. The molecule has 12 heavy (non-hydrogen) atoms. The highest BCUT2D eigenvalue weighted by Gasteiger charge is 2.33. The lowest BCUT2D eigenvalue weighted by Crippen LogP contribution is -2.35. The molecule has 1 heteroatoms. The predicted molar refractivity (Wildman–Crippen MR) is 50.6 cm³/mol. The van der Waals surface area contributed by atoms with E-state index < -0.39 is 5.60 Å². The quantitative estimate of drug-likeness (QED) is 0.592. The monoisotopic (exact) mass is 166 g/mol. The van der Waals surface area contributed by atoms with E-state index in [-0.39, 0.29) is 0 Å². The number of terminal acetylenes is 1. The van der Waals surface area contributed by atoms with Crippen LogP contribution in [0.1, 0.15) is 39.5 Å². The van der Waals surface area contributed by atoms with Gasteiger partial charge in [-0.1, -0.05) is 19.8 Å². The molecule has 2 unspecified atom stereocenters. The van der Waals surface area contributed by atoms with Crippen LogP contribution in [0.3, 0.4) is 0 Å². The zero-order valence-electron chi connectivity index (χ0n) is 8.01. The van der Waals surface area contributed by atoms with Gasteiger partial charge in [-0.15, -0.1) is 6.42 Å². The summed E-state index contributed by atoms with van der Waals surface area (Å²) in [5.41, 5.74) is -0.798. The SMILES string of the molecule is C#CC1(O)CCCC(C(C)C)C1. The van der Waals surface area contributed by atoms with Gasteiger partial charge in [0.25, 0.3) is 0 Å². The third-order valence-corrected chi connectivity index (χ3v) is 2.98. The molecule has 0 aromatic heterocycles. The minimum atomic E-state index is -0.798. The number of hydrogen-bond donors (Lipinski definition) is 1. The van der Waals surface area contributed by atoms with E-state index in [4.69, 9.17) is 6.42 Å². The molecule has 2 atom stereocenters. The maximum absolute atomic E-state index is 9.86. The molecule has 1 rings (SSSR count). The average Bonchev–Trinajstić information content (AvgIpc) is 2.05. The second-order valence-corrected chi connectivity index (χ2v) is 4.28. The Bertz CT molecular complexity index is 190. The van der Waals surface area contributed by atoms with E-state index in [9.17, 15) is 5.11 Å². The molecular formula is C11H18O. The summed E-state index contributed by atoms with van der Waals surface area (Å²) in [7, 11) is 0.